The number of rotatable bonds is 3. The van der Waals surface area contributed by atoms with Crippen molar-refractivity contribution in [3.05, 3.63) is 64.7 Å². The Morgan fingerprint density at radius 2 is 1.79 bits per heavy atom. The lowest BCUT2D eigenvalue weighted by molar-refractivity contribution is 0.0940. The van der Waals surface area contributed by atoms with Crippen molar-refractivity contribution < 1.29 is 4.79 Å². The van der Waals surface area contributed by atoms with Gasteiger partial charge in [-0.15, -0.1) is 0 Å². The van der Waals surface area contributed by atoms with Crippen LogP contribution in [-0.2, 0) is 0 Å². The van der Waals surface area contributed by atoms with Gasteiger partial charge in [-0.2, -0.15) is 0 Å². The van der Waals surface area contributed by atoms with Crippen molar-refractivity contribution in [3.8, 4) is 0 Å². The summed E-state index contributed by atoms with van der Waals surface area (Å²) in [5, 5.41) is 3.52. The molecule has 1 unspecified atom stereocenters. The third-order valence-corrected chi connectivity index (χ3v) is 3.17. The minimum absolute atomic E-state index is 0.146. The molecule has 2 aromatic carbocycles. The van der Waals surface area contributed by atoms with Crippen LogP contribution < -0.4 is 11.1 Å². The molecule has 0 aliphatic carbocycles. The van der Waals surface area contributed by atoms with E-state index >= 15 is 0 Å². The number of carbonyl (C=O) groups is 1. The zero-order chi connectivity index (χ0) is 13.8. The molecule has 0 aliphatic heterocycles. The molecule has 1 amide bonds. The summed E-state index contributed by atoms with van der Waals surface area (Å²) in [6, 6.07) is 14.1. The second-order valence-electron chi connectivity index (χ2n) is 4.33. The van der Waals surface area contributed by atoms with Crippen molar-refractivity contribution in [1.29, 1.82) is 0 Å². The van der Waals surface area contributed by atoms with E-state index in [-0.39, 0.29) is 11.9 Å². The molecule has 0 aliphatic rings. The highest BCUT2D eigenvalue weighted by atomic mass is 35.5. The first-order valence-electron chi connectivity index (χ1n) is 5.99. The maximum atomic E-state index is 12.1. The third-order valence-electron chi connectivity index (χ3n) is 2.92. The average Bonchev–Trinajstić information content (AvgIpc) is 2.39. The van der Waals surface area contributed by atoms with Gasteiger partial charge in [0.1, 0.15) is 0 Å². The van der Waals surface area contributed by atoms with Crippen molar-refractivity contribution in [2.24, 2.45) is 0 Å². The Hall–Kier alpha value is -2.00. The molecular weight excluding hydrogens is 260 g/mol. The van der Waals surface area contributed by atoms with Crippen LogP contribution in [0.1, 0.15) is 28.9 Å². The lowest BCUT2D eigenvalue weighted by Gasteiger charge is -2.16. The first kappa shape index (κ1) is 13.4. The van der Waals surface area contributed by atoms with Crippen molar-refractivity contribution in [3.63, 3.8) is 0 Å². The predicted octanol–water partition coefficient (Wildman–Crippen LogP) is 3.41. The van der Waals surface area contributed by atoms with Gasteiger partial charge in [0.2, 0.25) is 0 Å². The number of para-hydroxylation sites is 1. The number of hydrogen-bond acceptors (Lipinski definition) is 2. The number of benzene rings is 2. The number of nitrogen functional groups attached to an aromatic ring is 1. The van der Waals surface area contributed by atoms with Crippen LogP contribution in [-0.4, -0.2) is 5.91 Å². The fraction of sp³-hybridized carbons (Fsp3) is 0.133. The van der Waals surface area contributed by atoms with Gasteiger partial charge >= 0.3 is 0 Å². The quantitative estimate of drug-likeness (QED) is 0.843. The zero-order valence-corrected chi connectivity index (χ0v) is 11.3. The fourth-order valence-corrected chi connectivity index (χ4v) is 1.99. The molecule has 1 atom stereocenters. The minimum Gasteiger partial charge on any atom is -0.398 e. The Kier molecular flexibility index (Phi) is 4.07. The molecule has 0 fully saturated rings. The fourth-order valence-electron chi connectivity index (χ4n) is 1.86. The van der Waals surface area contributed by atoms with E-state index in [1.807, 2.05) is 31.2 Å². The highest BCUT2D eigenvalue weighted by Gasteiger charge is 2.12. The Labute approximate surface area is 117 Å². The Morgan fingerprint density at radius 3 is 2.42 bits per heavy atom. The molecule has 0 spiro atoms. The number of halogens is 1. The standard InChI is InChI=1S/C15H15ClN2O/c1-10(13-4-2-3-5-14(13)17)18-15(19)11-6-8-12(16)9-7-11/h2-10H,17H2,1H3,(H,18,19). The molecule has 0 saturated heterocycles. The molecule has 0 heterocycles. The number of carbonyl (C=O) groups excluding carboxylic acids is 1. The van der Waals surface area contributed by atoms with E-state index in [0.29, 0.717) is 16.3 Å². The van der Waals surface area contributed by atoms with Gasteiger partial charge in [-0.25, -0.2) is 0 Å². The largest absolute Gasteiger partial charge is 0.398 e. The molecule has 0 aromatic heterocycles. The molecule has 4 heteroatoms. The molecular formula is C15H15ClN2O. The lowest BCUT2D eigenvalue weighted by Crippen LogP contribution is -2.27. The second kappa shape index (κ2) is 5.76. The molecule has 0 radical (unpaired) electrons. The summed E-state index contributed by atoms with van der Waals surface area (Å²) in [4.78, 5) is 12.1. The van der Waals surface area contributed by atoms with Crippen molar-refractivity contribution in [1.82, 2.24) is 5.32 Å². The second-order valence-corrected chi connectivity index (χ2v) is 4.77. The minimum atomic E-state index is -0.149. The number of hydrogen-bond donors (Lipinski definition) is 2. The van der Waals surface area contributed by atoms with Crippen LogP contribution in [0.4, 0.5) is 5.69 Å². The highest BCUT2D eigenvalue weighted by molar-refractivity contribution is 6.30. The normalized spacial score (nSPS) is 11.9. The van der Waals surface area contributed by atoms with Crippen LogP contribution in [0.3, 0.4) is 0 Å². The van der Waals surface area contributed by atoms with E-state index in [1.54, 1.807) is 24.3 Å². The van der Waals surface area contributed by atoms with E-state index in [0.717, 1.165) is 5.56 Å². The van der Waals surface area contributed by atoms with Crippen LogP contribution in [0, 0.1) is 0 Å². The third kappa shape index (κ3) is 3.26. The van der Waals surface area contributed by atoms with Crippen LogP contribution >= 0.6 is 11.6 Å². The molecule has 2 aromatic rings. The predicted molar refractivity (Wildman–Crippen MR) is 78.2 cm³/mol. The number of anilines is 1. The van der Waals surface area contributed by atoms with E-state index in [4.69, 9.17) is 17.3 Å². The van der Waals surface area contributed by atoms with Crippen LogP contribution in [0.25, 0.3) is 0 Å². The van der Waals surface area contributed by atoms with E-state index in [9.17, 15) is 4.79 Å². The molecule has 19 heavy (non-hydrogen) atoms. The van der Waals surface area contributed by atoms with E-state index < -0.39 is 0 Å². The molecule has 0 bridgehead atoms. The Bertz CT molecular complexity index is 581. The first-order chi connectivity index (χ1) is 9.08. The van der Waals surface area contributed by atoms with Gasteiger partial charge in [-0.3, -0.25) is 4.79 Å². The maximum absolute atomic E-state index is 12.1. The summed E-state index contributed by atoms with van der Waals surface area (Å²) in [7, 11) is 0. The Balaban J connectivity index is 2.11. The number of nitrogens with two attached hydrogens (primary N) is 1. The molecule has 3 nitrogen and oxygen atoms in total. The molecule has 98 valence electrons. The van der Waals surface area contributed by atoms with Gasteiger partial charge < -0.3 is 11.1 Å². The van der Waals surface area contributed by atoms with E-state index in [2.05, 4.69) is 5.32 Å². The van der Waals surface area contributed by atoms with Gasteiger partial charge in [-0.05, 0) is 42.8 Å². The van der Waals surface area contributed by atoms with E-state index in [1.165, 1.54) is 0 Å². The molecule has 0 saturated carbocycles. The summed E-state index contributed by atoms with van der Waals surface area (Å²) < 4.78 is 0. The SMILES string of the molecule is CC(NC(=O)c1ccc(Cl)cc1)c1ccccc1N. The van der Waals surface area contributed by atoms with Gasteiger partial charge in [0.25, 0.3) is 5.91 Å². The zero-order valence-electron chi connectivity index (χ0n) is 10.6. The smallest absolute Gasteiger partial charge is 0.251 e. The van der Waals surface area contributed by atoms with Crippen molar-refractivity contribution in [2.75, 3.05) is 5.73 Å². The first-order valence-corrected chi connectivity index (χ1v) is 6.36. The van der Waals surface area contributed by atoms with Crippen LogP contribution in [0.15, 0.2) is 48.5 Å². The Morgan fingerprint density at radius 1 is 1.16 bits per heavy atom. The van der Waals surface area contributed by atoms with Crippen molar-refractivity contribution in [2.45, 2.75) is 13.0 Å². The van der Waals surface area contributed by atoms with Gasteiger partial charge in [0.05, 0.1) is 6.04 Å². The van der Waals surface area contributed by atoms with Crippen LogP contribution in [0.5, 0.6) is 0 Å². The summed E-state index contributed by atoms with van der Waals surface area (Å²) in [5.74, 6) is -0.146. The van der Waals surface area contributed by atoms with Gasteiger partial charge in [0, 0.05) is 16.3 Å². The van der Waals surface area contributed by atoms with Crippen molar-refractivity contribution >= 4 is 23.2 Å². The van der Waals surface area contributed by atoms with Gasteiger partial charge in [0.15, 0.2) is 0 Å². The number of amides is 1. The van der Waals surface area contributed by atoms with Crippen LogP contribution in [0.2, 0.25) is 5.02 Å². The monoisotopic (exact) mass is 274 g/mol. The topological polar surface area (TPSA) is 55.1 Å². The number of nitrogens with one attached hydrogen (secondary N) is 1. The summed E-state index contributed by atoms with van der Waals surface area (Å²) >= 11 is 5.79. The average molecular weight is 275 g/mol. The molecule has 3 N–H and O–H groups in total. The summed E-state index contributed by atoms with van der Waals surface area (Å²) in [6.07, 6.45) is 0. The summed E-state index contributed by atoms with van der Waals surface area (Å²) in [5.41, 5.74) is 8.04. The highest BCUT2D eigenvalue weighted by Crippen LogP contribution is 2.20. The molecule has 2 rings (SSSR count). The maximum Gasteiger partial charge on any atom is 0.251 e. The lowest BCUT2D eigenvalue weighted by atomic mass is 10.1. The van der Waals surface area contributed by atoms with Gasteiger partial charge in [-0.1, -0.05) is 29.8 Å². The summed E-state index contributed by atoms with van der Waals surface area (Å²) in [6.45, 7) is 1.90.